The Bertz CT molecular complexity index is 239. The highest BCUT2D eigenvalue weighted by molar-refractivity contribution is 5.83. The van der Waals surface area contributed by atoms with Crippen molar-refractivity contribution >= 4 is 5.91 Å². The molecule has 3 heteroatoms. The van der Waals surface area contributed by atoms with Gasteiger partial charge in [0.15, 0.2) is 0 Å². The molecule has 1 unspecified atom stereocenters. The van der Waals surface area contributed by atoms with Crippen LogP contribution < -0.4 is 11.1 Å². The van der Waals surface area contributed by atoms with E-state index in [9.17, 15) is 4.79 Å². The first-order chi connectivity index (χ1) is 6.98. The average Bonchev–Trinajstić information content (AvgIpc) is 1.99. The van der Waals surface area contributed by atoms with Gasteiger partial charge in [-0.2, -0.15) is 0 Å². The van der Waals surface area contributed by atoms with Crippen molar-refractivity contribution in [3.05, 3.63) is 0 Å². The first-order valence-corrected chi connectivity index (χ1v) is 6.08. The molecule has 0 aromatic heterocycles. The molecule has 3 nitrogen and oxygen atoms in total. The molecule has 0 rings (SSSR count). The van der Waals surface area contributed by atoms with E-state index < -0.39 is 11.0 Å². The summed E-state index contributed by atoms with van der Waals surface area (Å²) >= 11 is 0. The van der Waals surface area contributed by atoms with Crippen LogP contribution >= 0.6 is 0 Å². The Morgan fingerprint density at radius 3 is 1.94 bits per heavy atom. The van der Waals surface area contributed by atoms with Crippen molar-refractivity contribution in [2.24, 2.45) is 17.1 Å². The summed E-state index contributed by atoms with van der Waals surface area (Å²) in [5.41, 5.74) is 4.95. The largest absolute Gasteiger partial charge is 0.353 e. The first-order valence-electron chi connectivity index (χ1n) is 6.08. The van der Waals surface area contributed by atoms with Crippen LogP contribution in [0.3, 0.4) is 0 Å². The second kappa shape index (κ2) is 5.17. The lowest BCUT2D eigenvalue weighted by Crippen LogP contribution is -2.56. The summed E-state index contributed by atoms with van der Waals surface area (Å²) in [5.74, 6) is 0.623. The second-order valence-corrected chi connectivity index (χ2v) is 6.35. The number of rotatable bonds is 5. The number of hydrogen-bond acceptors (Lipinski definition) is 2. The van der Waals surface area contributed by atoms with Gasteiger partial charge in [0.05, 0.1) is 5.41 Å². The summed E-state index contributed by atoms with van der Waals surface area (Å²) in [6.07, 6.45) is 0.993. The fraction of sp³-hybridized carbons (Fsp3) is 0.923. The lowest BCUT2D eigenvalue weighted by molar-refractivity contribution is -0.133. The van der Waals surface area contributed by atoms with E-state index in [0.29, 0.717) is 5.92 Å². The van der Waals surface area contributed by atoms with Crippen LogP contribution in [0.1, 0.15) is 54.9 Å². The molecule has 0 aliphatic rings. The number of carbonyl (C=O) groups is 1. The molecular weight excluding hydrogens is 200 g/mol. The van der Waals surface area contributed by atoms with Crippen molar-refractivity contribution in [2.75, 3.05) is 0 Å². The molecule has 0 saturated heterocycles. The Hall–Kier alpha value is -0.570. The molecule has 1 amide bonds. The van der Waals surface area contributed by atoms with E-state index in [1.165, 1.54) is 0 Å². The lowest BCUT2D eigenvalue weighted by Gasteiger charge is -2.37. The van der Waals surface area contributed by atoms with Crippen LogP contribution in [0.4, 0.5) is 0 Å². The Balaban J connectivity index is 4.47. The summed E-state index contributed by atoms with van der Waals surface area (Å²) in [5, 5.41) is 3.04. The Labute approximate surface area is 100 Å². The zero-order valence-electron chi connectivity index (χ0n) is 11.8. The monoisotopic (exact) mass is 228 g/mol. The molecule has 0 fully saturated rings. The van der Waals surface area contributed by atoms with Gasteiger partial charge in [-0.15, -0.1) is 0 Å². The molecule has 96 valence electrons. The number of amides is 1. The molecule has 1 atom stereocenters. The highest BCUT2D eigenvalue weighted by Gasteiger charge is 2.40. The second-order valence-electron chi connectivity index (χ2n) is 6.35. The number of nitrogens with one attached hydrogen (secondary N) is 1. The van der Waals surface area contributed by atoms with Gasteiger partial charge in [-0.1, -0.05) is 13.8 Å². The van der Waals surface area contributed by atoms with Gasteiger partial charge in [0.2, 0.25) is 5.91 Å². The minimum atomic E-state index is -0.557. The maximum absolute atomic E-state index is 12.1. The minimum Gasteiger partial charge on any atom is -0.353 e. The van der Waals surface area contributed by atoms with Gasteiger partial charge in [-0.25, -0.2) is 0 Å². The number of carbonyl (C=O) groups excluding carboxylic acids is 1. The normalized spacial score (nSPS) is 15.1. The Kier molecular flexibility index (Phi) is 4.99. The van der Waals surface area contributed by atoms with Crippen LogP contribution in [0.5, 0.6) is 0 Å². The van der Waals surface area contributed by atoms with Crippen molar-refractivity contribution in [1.82, 2.24) is 5.32 Å². The van der Waals surface area contributed by atoms with Gasteiger partial charge in [-0.3, -0.25) is 4.79 Å². The van der Waals surface area contributed by atoms with Crippen LogP contribution in [0.15, 0.2) is 0 Å². The maximum Gasteiger partial charge on any atom is 0.227 e. The summed E-state index contributed by atoms with van der Waals surface area (Å²) in [6, 6.07) is 0.203. The summed E-state index contributed by atoms with van der Waals surface area (Å²) in [4.78, 5) is 12.1. The zero-order valence-corrected chi connectivity index (χ0v) is 11.8. The van der Waals surface area contributed by atoms with Crippen LogP contribution in [-0.2, 0) is 4.79 Å². The predicted octanol–water partition coefficient (Wildman–Crippen LogP) is 2.30. The van der Waals surface area contributed by atoms with Gasteiger partial charge in [-0.05, 0) is 47.0 Å². The predicted molar refractivity (Wildman–Crippen MR) is 69.1 cm³/mol. The molecule has 0 bridgehead atoms. The Morgan fingerprint density at radius 2 is 1.62 bits per heavy atom. The van der Waals surface area contributed by atoms with Crippen molar-refractivity contribution in [2.45, 2.75) is 66.5 Å². The summed E-state index contributed by atoms with van der Waals surface area (Å²) < 4.78 is 0. The molecule has 0 aliphatic carbocycles. The first kappa shape index (κ1) is 15.4. The van der Waals surface area contributed by atoms with Crippen molar-refractivity contribution in [1.29, 1.82) is 0 Å². The van der Waals surface area contributed by atoms with E-state index in [1.54, 1.807) is 0 Å². The topological polar surface area (TPSA) is 55.1 Å². The van der Waals surface area contributed by atoms with Gasteiger partial charge < -0.3 is 11.1 Å². The van der Waals surface area contributed by atoms with Gasteiger partial charge >= 0.3 is 0 Å². The molecule has 0 aromatic carbocycles. The summed E-state index contributed by atoms with van der Waals surface area (Å²) in [6.45, 7) is 13.9. The van der Waals surface area contributed by atoms with E-state index in [2.05, 4.69) is 19.2 Å². The van der Waals surface area contributed by atoms with Crippen molar-refractivity contribution in [3.8, 4) is 0 Å². The molecule has 16 heavy (non-hydrogen) atoms. The summed E-state index contributed by atoms with van der Waals surface area (Å²) in [7, 11) is 0. The minimum absolute atomic E-state index is 0.0353. The van der Waals surface area contributed by atoms with Crippen LogP contribution in [0, 0.1) is 11.3 Å². The maximum atomic E-state index is 12.1. The number of nitrogens with two attached hydrogens (primary N) is 1. The van der Waals surface area contributed by atoms with Gasteiger partial charge in [0, 0.05) is 11.6 Å². The quantitative estimate of drug-likeness (QED) is 0.758. The molecule has 0 saturated carbocycles. The van der Waals surface area contributed by atoms with E-state index in [4.69, 9.17) is 5.73 Å². The van der Waals surface area contributed by atoms with E-state index in [0.717, 1.165) is 6.42 Å². The highest BCUT2D eigenvalue weighted by Crippen LogP contribution is 2.28. The van der Waals surface area contributed by atoms with Crippen LogP contribution in [0.25, 0.3) is 0 Å². The van der Waals surface area contributed by atoms with Crippen LogP contribution in [0.2, 0.25) is 0 Å². The smallest absolute Gasteiger partial charge is 0.227 e. The zero-order chi connectivity index (χ0) is 13.1. The molecular formula is C13H28N2O. The fourth-order valence-corrected chi connectivity index (χ4v) is 1.46. The standard InChI is InChI=1S/C13H28N2O/c1-9(2)8-10(3)15-11(16)12(4,5)13(6,7)14/h9-10H,8,14H2,1-7H3,(H,15,16). The number of hydrogen-bond donors (Lipinski definition) is 2. The Morgan fingerprint density at radius 1 is 1.19 bits per heavy atom. The highest BCUT2D eigenvalue weighted by atomic mass is 16.2. The van der Waals surface area contributed by atoms with E-state index in [-0.39, 0.29) is 11.9 Å². The van der Waals surface area contributed by atoms with Gasteiger partial charge in [0.25, 0.3) is 0 Å². The SMILES string of the molecule is CC(C)CC(C)NC(=O)C(C)(C)C(C)(C)N. The van der Waals surface area contributed by atoms with Crippen molar-refractivity contribution in [3.63, 3.8) is 0 Å². The van der Waals surface area contributed by atoms with Crippen LogP contribution in [-0.4, -0.2) is 17.5 Å². The third-order valence-corrected chi connectivity index (χ3v) is 3.38. The lowest BCUT2D eigenvalue weighted by atomic mass is 9.74. The van der Waals surface area contributed by atoms with E-state index >= 15 is 0 Å². The third kappa shape index (κ3) is 4.12. The van der Waals surface area contributed by atoms with E-state index in [1.807, 2.05) is 34.6 Å². The third-order valence-electron chi connectivity index (χ3n) is 3.38. The van der Waals surface area contributed by atoms with Gasteiger partial charge in [0.1, 0.15) is 0 Å². The average molecular weight is 228 g/mol. The fourth-order valence-electron chi connectivity index (χ4n) is 1.46. The molecule has 0 aliphatic heterocycles. The molecule has 0 heterocycles. The molecule has 0 spiro atoms. The molecule has 0 aromatic rings. The molecule has 3 N–H and O–H groups in total. The van der Waals surface area contributed by atoms with Crippen molar-refractivity contribution < 1.29 is 4.79 Å². The molecule has 0 radical (unpaired) electrons.